The molecule has 2 heterocycles. The van der Waals surface area contributed by atoms with Crippen molar-refractivity contribution in [1.82, 2.24) is 0 Å². The van der Waals surface area contributed by atoms with Crippen molar-refractivity contribution in [3.05, 3.63) is 58.3 Å². The summed E-state index contributed by atoms with van der Waals surface area (Å²) < 4.78 is 6.03. The van der Waals surface area contributed by atoms with Gasteiger partial charge in [-0.15, -0.1) is 0 Å². The molecule has 0 spiro atoms. The van der Waals surface area contributed by atoms with Crippen molar-refractivity contribution in [3.8, 4) is 6.07 Å². The first-order chi connectivity index (χ1) is 12.5. The number of nitrogens with one attached hydrogen (secondary N) is 2. The molecule has 0 amide bonds. The van der Waals surface area contributed by atoms with Crippen LogP contribution in [0.25, 0.3) is 0 Å². The van der Waals surface area contributed by atoms with Gasteiger partial charge in [0.25, 0.3) is 5.82 Å². The zero-order valence-corrected chi connectivity index (χ0v) is 16.0. The number of fused-ring (bicyclic) bond motifs is 1. The summed E-state index contributed by atoms with van der Waals surface area (Å²) in [5.74, 6) is 0.832. The summed E-state index contributed by atoms with van der Waals surface area (Å²) in [6.07, 6.45) is 4.01. The predicted octanol–water partition coefficient (Wildman–Crippen LogP) is 4.18. The topological polar surface area (TPSA) is 59.2 Å². The molecule has 0 bridgehead atoms. The van der Waals surface area contributed by atoms with Crippen LogP contribution in [0.4, 0.5) is 5.82 Å². The van der Waals surface area contributed by atoms with Crippen molar-refractivity contribution in [2.75, 3.05) is 5.32 Å². The minimum absolute atomic E-state index is 0.237. The molecule has 0 fully saturated rings. The second-order valence-corrected chi connectivity index (χ2v) is 7.59. The third-order valence-corrected chi connectivity index (χ3v) is 4.97. The Morgan fingerprint density at radius 3 is 2.69 bits per heavy atom. The summed E-state index contributed by atoms with van der Waals surface area (Å²) in [6.45, 7) is 7.65. The van der Waals surface area contributed by atoms with Crippen LogP contribution in [0.3, 0.4) is 0 Å². The summed E-state index contributed by atoms with van der Waals surface area (Å²) in [4.78, 5) is 3.51. The SMILES string of the molecule is CCCCc1[nH+]c(NCc2ccccc2)c(C#N)c2c1COC(C)(C)C2. The Balaban J connectivity index is 1.98. The lowest BCUT2D eigenvalue weighted by molar-refractivity contribution is -0.376. The standard InChI is InChI=1S/C22H27N3O/c1-4-5-11-20-19-15-26-22(2,3)12-17(19)18(13-23)21(25-20)24-14-16-9-7-6-8-10-16/h6-10H,4-5,11-12,14-15H2,1-3H3,(H,24,25)/p+1. The summed E-state index contributed by atoms with van der Waals surface area (Å²) in [6, 6.07) is 12.7. The fourth-order valence-electron chi connectivity index (χ4n) is 3.50. The van der Waals surface area contributed by atoms with E-state index in [0.29, 0.717) is 13.2 Å². The first-order valence-corrected chi connectivity index (χ1v) is 9.46. The van der Waals surface area contributed by atoms with Gasteiger partial charge in [0, 0.05) is 18.4 Å². The minimum Gasteiger partial charge on any atom is -0.370 e. The number of benzene rings is 1. The van der Waals surface area contributed by atoms with Gasteiger partial charge in [-0.1, -0.05) is 43.7 Å². The number of pyridine rings is 1. The Bertz CT molecular complexity index is 806. The van der Waals surface area contributed by atoms with Gasteiger partial charge in [0.15, 0.2) is 0 Å². The van der Waals surface area contributed by atoms with Gasteiger partial charge < -0.3 is 4.74 Å². The average molecular weight is 350 g/mol. The van der Waals surface area contributed by atoms with Gasteiger partial charge in [-0.2, -0.15) is 5.26 Å². The molecule has 2 aromatic rings. The molecule has 1 aromatic carbocycles. The Morgan fingerprint density at radius 2 is 2.00 bits per heavy atom. The predicted molar refractivity (Wildman–Crippen MR) is 103 cm³/mol. The maximum atomic E-state index is 9.86. The van der Waals surface area contributed by atoms with Gasteiger partial charge in [-0.05, 0) is 31.4 Å². The first-order valence-electron chi connectivity index (χ1n) is 9.46. The Kier molecular flexibility index (Phi) is 5.58. The summed E-state index contributed by atoms with van der Waals surface area (Å²) in [5, 5.41) is 13.3. The highest BCUT2D eigenvalue weighted by Gasteiger charge is 2.33. The van der Waals surface area contributed by atoms with Crippen LogP contribution in [0.5, 0.6) is 0 Å². The maximum Gasteiger partial charge on any atom is 0.291 e. The van der Waals surface area contributed by atoms with Gasteiger partial charge in [0.2, 0.25) is 0 Å². The van der Waals surface area contributed by atoms with E-state index in [-0.39, 0.29) is 5.60 Å². The summed E-state index contributed by atoms with van der Waals surface area (Å²) >= 11 is 0. The van der Waals surface area contributed by atoms with Crippen LogP contribution >= 0.6 is 0 Å². The van der Waals surface area contributed by atoms with Crippen LogP contribution in [-0.2, 0) is 30.7 Å². The Hall–Kier alpha value is -2.38. The number of aryl methyl sites for hydroxylation is 1. The zero-order chi connectivity index (χ0) is 18.6. The number of rotatable bonds is 6. The van der Waals surface area contributed by atoms with Crippen molar-refractivity contribution in [2.24, 2.45) is 0 Å². The summed E-state index contributed by atoms with van der Waals surface area (Å²) in [7, 11) is 0. The highest BCUT2D eigenvalue weighted by molar-refractivity contribution is 5.56. The second kappa shape index (κ2) is 7.88. The van der Waals surface area contributed by atoms with Crippen molar-refractivity contribution in [1.29, 1.82) is 5.26 Å². The molecular weight excluding hydrogens is 322 g/mol. The molecule has 3 rings (SSSR count). The molecule has 1 aliphatic rings. The van der Waals surface area contributed by atoms with Crippen molar-refractivity contribution >= 4 is 5.82 Å². The van der Waals surface area contributed by atoms with E-state index in [1.54, 1.807) is 0 Å². The molecule has 1 aliphatic heterocycles. The van der Waals surface area contributed by atoms with E-state index in [9.17, 15) is 5.26 Å². The molecular formula is C22H28N3O+. The third-order valence-electron chi connectivity index (χ3n) is 4.97. The number of ether oxygens (including phenoxy) is 1. The molecule has 0 radical (unpaired) electrons. The number of anilines is 1. The number of nitrogens with zero attached hydrogens (tertiary/aromatic N) is 1. The number of hydrogen-bond acceptors (Lipinski definition) is 3. The minimum atomic E-state index is -0.237. The Labute approximate surface area is 156 Å². The number of aromatic nitrogens is 1. The molecule has 0 unspecified atom stereocenters. The van der Waals surface area contributed by atoms with E-state index in [4.69, 9.17) is 4.74 Å². The van der Waals surface area contributed by atoms with Gasteiger partial charge in [-0.25, -0.2) is 4.98 Å². The average Bonchev–Trinajstić information content (AvgIpc) is 2.64. The van der Waals surface area contributed by atoms with E-state index < -0.39 is 0 Å². The van der Waals surface area contributed by atoms with Crippen LogP contribution in [0.1, 0.15) is 61.6 Å². The Morgan fingerprint density at radius 1 is 1.23 bits per heavy atom. The van der Waals surface area contributed by atoms with Crippen LogP contribution in [0.2, 0.25) is 0 Å². The molecule has 0 saturated heterocycles. The first kappa shape index (κ1) is 18.4. The molecule has 136 valence electrons. The van der Waals surface area contributed by atoms with E-state index in [2.05, 4.69) is 49.3 Å². The number of H-pyrrole nitrogens is 1. The lowest BCUT2D eigenvalue weighted by Gasteiger charge is -2.32. The normalized spacial score (nSPS) is 15.2. The highest BCUT2D eigenvalue weighted by atomic mass is 16.5. The van der Waals surface area contributed by atoms with Crippen molar-refractivity contribution in [2.45, 2.75) is 65.2 Å². The molecule has 0 atom stereocenters. The highest BCUT2D eigenvalue weighted by Crippen LogP contribution is 2.33. The van der Waals surface area contributed by atoms with Crippen molar-refractivity contribution in [3.63, 3.8) is 0 Å². The van der Waals surface area contributed by atoms with E-state index in [1.807, 2.05) is 18.2 Å². The van der Waals surface area contributed by atoms with E-state index in [1.165, 1.54) is 16.8 Å². The number of unbranched alkanes of at least 4 members (excludes halogenated alkanes) is 1. The van der Waals surface area contributed by atoms with Gasteiger partial charge in [0.05, 0.1) is 12.2 Å². The second-order valence-electron chi connectivity index (χ2n) is 7.59. The fourth-order valence-corrected chi connectivity index (χ4v) is 3.50. The lowest BCUT2D eigenvalue weighted by Crippen LogP contribution is -2.36. The van der Waals surface area contributed by atoms with E-state index in [0.717, 1.165) is 42.6 Å². The number of hydrogen-bond donors (Lipinski definition) is 1. The van der Waals surface area contributed by atoms with Gasteiger partial charge in [-0.3, -0.25) is 5.32 Å². The third kappa shape index (κ3) is 4.05. The summed E-state index contributed by atoms with van der Waals surface area (Å²) in [5.41, 5.74) is 5.21. The van der Waals surface area contributed by atoms with Crippen LogP contribution < -0.4 is 10.3 Å². The molecule has 4 nitrogen and oxygen atoms in total. The fraction of sp³-hybridized carbons (Fsp3) is 0.455. The number of nitriles is 1. The van der Waals surface area contributed by atoms with Crippen LogP contribution in [-0.4, -0.2) is 5.60 Å². The zero-order valence-electron chi connectivity index (χ0n) is 16.0. The number of aromatic amines is 1. The van der Waals surface area contributed by atoms with Gasteiger partial charge >= 0.3 is 0 Å². The molecule has 0 saturated carbocycles. The van der Waals surface area contributed by atoms with Gasteiger partial charge in [0.1, 0.15) is 23.9 Å². The molecule has 26 heavy (non-hydrogen) atoms. The van der Waals surface area contributed by atoms with Crippen LogP contribution in [0.15, 0.2) is 30.3 Å². The largest absolute Gasteiger partial charge is 0.370 e. The molecule has 2 N–H and O–H groups in total. The molecule has 1 aromatic heterocycles. The monoisotopic (exact) mass is 350 g/mol. The van der Waals surface area contributed by atoms with Crippen LogP contribution in [0, 0.1) is 11.3 Å². The molecule has 0 aliphatic carbocycles. The van der Waals surface area contributed by atoms with Crippen molar-refractivity contribution < 1.29 is 9.72 Å². The quantitative estimate of drug-likeness (QED) is 0.850. The van der Waals surface area contributed by atoms with E-state index >= 15 is 0 Å². The smallest absolute Gasteiger partial charge is 0.291 e. The maximum absolute atomic E-state index is 9.86. The molecule has 4 heteroatoms. The lowest BCUT2D eigenvalue weighted by atomic mass is 9.87.